The average molecular weight is 479 g/mol. The molecule has 0 radical (unpaired) electrons. The SMILES string of the molecule is CCOC(=O)COc1ccc(C=Nc2nc(-c3ccc(C4CCCCC4)cc3)cs2)cc1OC. The first-order chi connectivity index (χ1) is 16.7. The van der Waals surface area contributed by atoms with Crippen LogP contribution in [0.2, 0.25) is 0 Å². The number of aliphatic imine (C=N–C) groups is 1. The molecule has 1 heterocycles. The molecule has 0 atom stereocenters. The van der Waals surface area contributed by atoms with Crippen molar-refractivity contribution in [2.75, 3.05) is 20.3 Å². The second-order valence-corrected chi connectivity index (χ2v) is 9.07. The molecule has 3 aromatic rings. The van der Waals surface area contributed by atoms with Crippen LogP contribution in [-0.2, 0) is 9.53 Å². The lowest BCUT2D eigenvalue weighted by Crippen LogP contribution is -2.14. The van der Waals surface area contributed by atoms with Crippen LogP contribution < -0.4 is 9.47 Å². The normalized spacial score (nSPS) is 14.3. The summed E-state index contributed by atoms with van der Waals surface area (Å²) in [6.45, 7) is 1.91. The van der Waals surface area contributed by atoms with Crippen LogP contribution in [0.4, 0.5) is 5.13 Å². The van der Waals surface area contributed by atoms with Gasteiger partial charge in [-0.3, -0.25) is 0 Å². The number of methoxy groups -OCH3 is 1. The number of aromatic nitrogens is 1. The van der Waals surface area contributed by atoms with Gasteiger partial charge in [-0.05, 0) is 55.0 Å². The maximum atomic E-state index is 11.5. The van der Waals surface area contributed by atoms with Crippen LogP contribution >= 0.6 is 11.3 Å². The van der Waals surface area contributed by atoms with Crippen molar-refractivity contribution in [3.05, 3.63) is 59.0 Å². The summed E-state index contributed by atoms with van der Waals surface area (Å²) in [4.78, 5) is 20.7. The Morgan fingerprint density at radius 3 is 2.65 bits per heavy atom. The van der Waals surface area contributed by atoms with E-state index in [2.05, 4.69) is 34.2 Å². The fourth-order valence-electron chi connectivity index (χ4n) is 4.17. The Hall–Kier alpha value is -3.19. The maximum Gasteiger partial charge on any atom is 0.344 e. The number of ether oxygens (including phenoxy) is 3. The number of carbonyl (C=O) groups is 1. The molecule has 0 N–H and O–H groups in total. The van der Waals surface area contributed by atoms with Gasteiger partial charge in [-0.15, -0.1) is 11.3 Å². The van der Waals surface area contributed by atoms with E-state index in [4.69, 9.17) is 14.2 Å². The molecule has 0 amide bonds. The molecular weight excluding hydrogens is 448 g/mol. The molecule has 1 aliphatic rings. The number of esters is 1. The van der Waals surface area contributed by atoms with Crippen molar-refractivity contribution in [3.63, 3.8) is 0 Å². The predicted octanol–water partition coefficient (Wildman–Crippen LogP) is 6.56. The molecule has 1 fully saturated rings. The second-order valence-electron chi connectivity index (χ2n) is 8.23. The van der Waals surface area contributed by atoms with Gasteiger partial charge in [-0.25, -0.2) is 14.8 Å². The highest BCUT2D eigenvalue weighted by atomic mass is 32.1. The lowest BCUT2D eigenvalue weighted by molar-refractivity contribution is -0.145. The van der Waals surface area contributed by atoms with Crippen LogP contribution in [0.3, 0.4) is 0 Å². The minimum atomic E-state index is -0.418. The minimum absolute atomic E-state index is 0.166. The Kier molecular flexibility index (Phi) is 8.31. The Morgan fingerprint density at radius 1 is 1.12 bits per heavy atom. The van der Waals surface area contributed by atoms with Crippen molar-refractivity contribution in [2.24, 2.45) is 4.99 Å². The zero-order valence-electron chi connectivity index (χ0n) is 19.7. The van der Waals surface area contributed by atoms with Crippen LogP contribution in [0.25, 0.3) is 11.3 Å². The van der Waals surface area contributed by atoms with Crippen LogP contribution in [-0.4, -0.2) is 37.5 Å². The second kappa shape index (κ2) is 11.8. The molecule has 2 aromatic carbocycles. The Balaban J connectivity index is 1.40. The van der Waals surface area contributed by atoms with E-state index >= 15 is 0 Å². The van der Waals surface area contributed by atoms with Crippen LogP contribution in [0, 0.1) is 0 Å². The van der Waals surface area contributed by atoms with Crippen molar-refractivity contribution < 1.29 is 19.0 Å². The molecule has 1 aliphatic carbocycles. The van der Waals surface area contributed by atoms with Crippen molar-refractivity contribution in [1.29, 1.82) is 0 Å². The summed E-state index contributed by atoms with van der Waals surface area (Å²) in [5, 5.41) is 2.72. The number of thiazole rings is 1. The summed E-state index contributed by atoms with van der Waals surface area (Å²) in [6, 6.07) is 14.3. The molecule has 178 valence electrons. The van der Waals surface area contributed by atoms with Crippen LogP contribution in [0.1, 0.15) is 56.1 Å². The largest absolute Gasteiger partial charge is 0.493 e. The topological polar surface area (TPSA) is 70.0 Å². The van der Waals surface area contributed by atoms with Crippen molar-refractivity contribution >= 4 is 28.7 Å². The summed E-state index contributed by atoms with van der Waals surface area (Å²) >= 11 is 1.51. The van der Waals surface area contributed by atoms with Crippen molar-refractivity contribution in [1.82, 2.24) is 4.98 Å². The molecule has 34 heavy (non-hydrogen) atoms. The average Bonchev–Trinajstić information content (AvgIpc) is 3.36. The Labute approximate surface area is 204 Å². The van der Waals surface area contributed by atoms with Crippen molar-refractivity contribution in [2.45, 2.75) is 44.9 Å². The van der Waals surface area contributed by atoms with Gasteiger partial charge in [0.25, 0.3) is 0 Å². The zero-order chi connectivity index (χ0) is 23.8. The number of carbonyl (C=O) groups excluding carboxylic acids is 1. The monoisotopic (exact) mass is 478 g/mol. The van der Waals surface area contributed by atoms with E-state index in [1.807, 2.05) is 17.5 Å². The molecule has 6 nitrogen and oxygen atoms in total. The summed E-state index contributed by atoms with van der Waals surface area (Å²) in [5.41, 5.74) is 4.34. The highest BCUT2D eigenvalue weighted by Crippen LogP contribution is 2.34. The maximum absolute atomic E-state index is 11.5. The van der Waals surface area contributed by atoms with Gasteiger partial charge < -0.3 is 14.2 Å². The van der Waals surface area contributed by atoms with Crippen LogP contribution in [0.5, 0.6) is 11.5 Å². The highest BCUT2D eigenvalue weighted by molar-refractivity contribution is 7.13. The summed E-state index contributed by atoms with van der Waals surface area (Å²) in [7, 11) is 1.56. The van der Waals surface area contributed by atoms with Crippen LogP contribution in [0.15, 0.2) is 52.8 Å². The number of nitrogens with zero attached hydrogens (tertiary/aromatic N) is 2. The summed E-state index contributed by atoms with van der Waals surface area (Å²) < 4.78 is 15.8. The predicted molar refractivity (Wildman–Crippen MR) is 136 cm³/mol. The van der Waals surface area contributed by atoms with E-state index in [9.17, 15) is 4.79 Å². The van der Waals surface area contributed by atoms with Gasteiger partial charge in [0, 0.05) is 17.2 Å². The quantitative estimate of drug-likeness (QED) is 0.257. The van der Waals surface area contributed by atoms with E-state index < -0.39 is 5.97 Å². The minimum Gasteiger partial charge on any atom is -0.493 e. The molecule has 4 rings (SSSR count). The van der Waals surface area contributed by atoms with Gasteiger partial charge in [0.05, 0.1) is 19.4 Å². The first kappa shape index (κ1) is 24.0. The van der Waals surface area contributed by atoms with E-state index in [0.29, 0.717) is 29.2 Å². The van der Waals surface area contributed by atoms with Gasteiger partial charge in [-0.2, -0.15) is 0 Å². The van der Waals surface area contributed by atoms with Crippen molar-refractivity contribution in [3.8, 4) is 22.8 Å². The standard InChI is InChI=1S/C27H30N2O4S/c1-3-32-26(30)17-33-24-14-9-19(15-25(24)31-2)16-28-27-29-23(18-34-27)22-12-10-21(11-13-22)20-7-5-4-6-8-20/h9-16,18,20H,3-8,17H2,1-2H3. The molecule has 0 unspecified atom stereocenters. The Bertz CT molecular complexity index is 1120. The third-order valence-corrected chi connectivity index (χ3v) is 6.69. The molecule has 1 aromatic heterocycles. The van der Waals surface area contributed by atoms with E-state index in [-0.39, 0.29) is 6.61 Å². The number of hydrogen-bond acceptors (Lipinski definition) is 7. The fraction of sp³-hybridized carbons (Fsp3) is 0.370. The lowest BCUT2D eigenvalue weighted by atomic mass is 9.84. The van der Waals surface area contributed by atoms with E-state index in [0.717, 1.165) is 16.8 Å². The lowest BCUT2D eigenvalue weighted by Gasteiger charge is -2.22. The Morgan fingerprint density at radius 2 is 1.91 bits per heavy atom. The third-order valence-electron chi connectivity index (χ3n) is 5.94. The zero-order valence-corrected chi connectivity index (χ0v) is 20.5. The molecular formula is C27H30N2O4S. The molecule has 0 saturated heterocycles. The van der Waals surface area contributed by atoms with Gasteiger partial charge in [0.2, 0.25) is 5.13 Å². The molecule has 1 saturated carbocycles. The highest BCUT2D eigenvalue weighted by Gasteiger charge is 2.15. The fourth-order valence-corrected chi connectivity index (χ4v) is 4.84. The molecule has 7 heteroatoms. The first-order valence-electron chi connectivity index (χ1n) is 11.7. The van der Waals surface area contributed by atoms with Gasteiger partial charge in [0.1, 0.15) is 0 Å². The summed E-state index contributed by atoms with van der Waals surface area (Å²) in [5.74, 6) is 1.28. The molecule has 0 spiro atoms. The van der Waals surface area contributed by atoms with Gasteiger partial charge >= 0.3 is 5.97 Å². The smallest absolute Gasteiger partial charge is 0.344 e. The summed E-state index contributed by atoms with van der Waals surface area (Å²) in [6.07, 6.45) is 8.41. The molecule has 0 bridgehead atoms. The van der Waals surface area contributed by atoms with Gasteiger partial charge in [0.15, 0.2) is 18.1 Å². The molecule has 0 aliphatic heterocycles. The number of benzene rings is 2. The van der Waals surface area contributed by atoms with E-state index in [1.54, 1.807) is 26.3 Å². The van der Waals surface area contributed by atoms with E-state index in [1.165, 1.54) is 49.0 Å². The number of hydrogen-bond donors (Lipinski definition) is 0. The third kappa shape index (κ3) is 6.23. The first-order valence-corrected chi connectivity index (χ1v) is 12.6. The van der Waals surface area contributed by atoms with Gasteiger partial charge in [-0.1, -0.05) is 43.5 Å². The number of rotatable bonds is 9.